The van der Waals surface area contributed by atoms with Gasteiger partial charge in [0.2, 0.25) is 0 Å². The van der Waals surface area contributed by atoms with E-state index in [1.165, 1.54) is 0 Å². The van der Waals surface area contributed by atoms with Crippen LogP contribution in [-0.2, 0) is 4.79 Å². The molecule has 0 unspecified atom stereocenters. The van der Waals surface area contributed by atoms with Crippen molar-refractivity contribution in [3.8, 4) is 0 Å². The molecule has 5 nitrogen and oxygen atoms in total. The fourth-order valence-corrected chi connectivity index (χ4v) is 2.09. The van der Waals surface area contributed by atoms with Gasteiger partial charge in [-0.15, -0.1) is 0 Å². The van der Waals surface area contributed by atoms with Crippen LogP contribution < -0.4 is 0 Å². The number of carboxylic acid groups (broad SMARTS) is 1. The molecule has 0 fully saturated rings. The predicted molar refractivity (Wildman–Crippen MR) is 100 cm³/mol. The number of unbranched alkanes of at least 4 members (excludes halogenated alkanes) is 2. The van der Waals surface area contributed by atoms with Crippen LogP contribution in [0, 0.1) is 0 Å². The first-order valence-corrected chi connectivity index (χ1v) is 8.91. The second kappa shape index (κ2) is 15.8. The molecular weight excluding hydrogens is 320 g/mol. The average molecular weight is 352 g/mol. The van der Waals surface area contributed by atoms with Gasteiger partial charge < -0.3 is 20.4 Å². The molecule has 3 atom stereocenters. The lowest BCUT2D eigenvalue weighted by Gasteiger charge is -2.13. The normalized spacial score (nSPS) is 16.3. The van der Waals surface area contributed by atoms with Crippen LogP contribution in [0.4, 0.5) is 0 Å². The Morgan fingerprint density at radius 1 is 0.840 bits per heavy atom. The second-order valence-corrected chi connectivity index (χ2v) is 5.95. The van der Waals surface area contributed by atoms with E-state index < -0.39 is 24.3 Å². The van der Waals surface area contributed by atoms with Gasteiger partial charge in [-0.3, -0.25) is 4.79 Å². The third kappa shape index (κ3) is 15.6. The minimum absolute atomic E-state index is 0.0644. The smallest absolute Gasteiger partial charge is 0.303 e. The highest BCUT2D eigenvalue weighted by molar-refractivity contribution is 5.66. The minimum atomic E-state index is -0.855. The number of allylic oxidation sites excluding steroid dienone is 6. The number of hydrogen-bond acceptors (Lipinski definition) is 4. The molecule has 0 aliphatic carbocycles. The molecule has 0 aromatic carbocycles. The standard InChI is InChI=1S/C20H32O5/c1-2-3-8-14-18(22)19(23)15-10-7-5-4-6-9-12-17(21)13-11-16-20(24)25/h4-7,9-10,12,15,17-19,21-23H,2-3,8,11,13-14,16H2,1H3,(H,24,25)/b6-4+,7-5+,12-9+,15-10+/t17-,18+,19+/m1/s1. The molecule has 0 saturated carbocycles. The predicted octanol–water partition coefficient (Wildman–Crippen LogP) is 3.13. The zero-order chi connectivity index (χ0) is 18.9. The molecule has 0 bridgehead atoms. The Labute approximate surface area is 150 Å². The quantitative estimate of drug-likeness (QED) is 0.284. The van der Waals surface area contributed by atoms with E-state index in [0.717, 1.165) is 19.3 Å². The van der Waals surface area contributed by atoms with E-state index in [2.05, 4.69) is 6.92 Å². The molecule has 4 N–H and O–H groups in total. The van der Waals surface area contributed by atoms with E-state index in [-0.39, 0.29) is 6.42 Å². The monoisotopic (exact) mass is 352 g/mol. The maximum atomic E-state index is 10.4. The highest BCUT2D eigenvalue weighted by Gasteiger charge is 2.11. The van der Waals surface area contributed by atoms with E-state index in [4.69, 9.17) is 5.11 Å². The van der Waals surface area contributed by atoms with Crippen molar-refractivity contribution in [2.75, 3.05) is 0 Å². The van der Waals surface area contributed by atoms with Gasteiger partial charge in [0.15, 0.2) is 0 Å². The molecule has 0 radical (unpaired) electrons. The van der Waals surface area contributed by atoms with Gasteiger partial charge in [-0.1, -0.05) is 74.8 Å². The largest absolute Gasteiger partial charge is 0.481 e. The Bertz CT molecular complexity index is 451. The maximum Gasteiger partial charge on any atom is 0.303 e. The van der Waals surface area contributed by atoms with E-state index in [9.17, 15) is 20.1 Å². The lowest BCUT2D eigenvalue weighted by molar-refractivity contribution is -0.137. The van der Waals surface area contributed by atoms with Crippen LogP contribution in [0.5, 0.6) is 0 Å². The molecule has 25 heavy (non-hydrogen) atoms. The first kappa shape index (κ1) is 23.3. The van der Waals surface area contributed by atoms with Crippen molar-refractivity contribution in [3.05, 3.63) is 48.6 Å². The maximum absolute atomic E-state index is 10.4. The van der Waals surface area contributed by atoms with E-state index >= 15 is 0 Å². The van der Waals surface area contributed by atoms with E-state index in [1.54, 1.807) is 48.6 Å². The Morgan fingerprint density at radius 3 is 2.04 bits per heavy atom. The third-order valence-corrected chi connectivity index (χ3v) is 3.59. The minimum Gasteiger partial charge on any atom is -0.481 e. The zero-order valence-corrected chi connectivity index (χ0v) is 15.0. The van der Waals surface area contributed by atoms with Crippen molar-refractivity contribution >= 4 is 5.97 Å². The first-order valence-electron chi connectivity index (χ1n) is 8.91. The zero-order valence-electron chi connectivity index (χ0n) is 15.0. The topological polar surface area (TPSA) is 98.0 Å². The summed E-state index contributed by atoms with van der Waals surface area (Å²) in [6.07, 6.45) is 16.0. The van der Waals surface area contributed by atoms with Crippen molar-refractivity contribution in [2.45, 2.75) is 70.2 Å². The van der Waals surface area contributed by atoms with Crippen LogP contribution in [-0.4, -0.2) is 44.7 Å². The molecule has 0 heterocycles. The Kier molecular flexibility index (Phi) is 14.7. The van der Waals surface area contributed by atoms with E-state index in [1.807, 2.05) is 0 Å². The van der Waals surface area contributed by atoms with Gasteiger partial charge >= 0.3 is 5.97 Å². The summed E-state index contributed by atoms with van der Waals surface area (Å²) in [5.41, 5.74) is 0. The number of rotatable bonds is 14. The number of aliphatic carboxylic acids is 1. The van der Waals surface area contributed by atoms with Crippen molar-refractivity contribution in [2.24, 2.45) is 0 Å². The van der Waals surface area contributed by atoms with Gasteiger partial charge in [0.05, 0.1) is 18.3 Å². The fourth-order valence-electron chi connectivity index (χ4n) is 2.09. The molecule has 0 aromatic rings. The van der Waals surface area contributed by atoms with Crippen LogP contribution in [0.1, 0.15) is 51.9 Å². The third-order valence-electron chi connectivity index (χ3n) is 3.59. The lowest BCUT2D eigenvalue weighted by atomic mass is 10.1. The molecule has 142 valence electrons. The number of aliphatic hydroxyl groups is 3. The van der Waals surface area contributed by atoms with Gasteiger partial charge in [-0.2, -0.15) is 0 Å². The number of aliphatic hydroxyl groups excluding tert-OH is 3. The summed E-state index contributed by atoms with van der Waals surface area (Å²) >= 11 is 0. The summed E-state index contributed by atoms with van der Waals surface area (Å²) in [7, 11) is 0. The van der Waals surface area contributed by atoms with Gasteiger partial charge in [0.1, 0.15) is 0 Å². The molecule has 0 saturated heterocycles. The number of carbonyl (C=O) groups is 1. The molecule has 0 aliphatic rings. The number of carboxylic acids is 1. The van der Waals surface area contributed by atoms with Crippen LogP contribution in [0.25, 0.3) is 0 Å². The molecule has 0 aromatic heterocycles. The Morgan fingerprint density at radius 2 is 1.44 bits per heavy atom. The summed E-state index contributed by atoms with van der Waals surface area (Å²) < 4.78 is 0. The van der Waals surface area contributed by atoms with Crippen LogP contribution in [0.2, 0.25) is 0 Å². The fraction of sp³-hybridized carbons (Fsp3) is 0.550. The highest BCUT2D eigenvalue weighted by Crippen LogP contribution is 2.07. The second-order valence-electron chi connectivity index (χ2n) is 5.95. The Hall–Kier alpha value is -1.69. The van der Waals surface area contributed by atoms with Crippen molar-refractivity contribution in [3.63, 3.8) is 0 Å². The Balaban J connectivity index is 3.96. The van der Waals surface area contributed by atoms with E-state index in [0.29, 0.717) is 19.3 Å². The molecule has 0 aliphatic heterocycles. The summed E-state index contributed by atoms with van der Waals surface area (Å²) in [5.74, 6) is -0.854. The van der Waals surface area contributed by atoms with Gasteiger partial charge in [0.25, 0.3) is 0 Å². The van der Waals surface area contributed by atoms with Crippen molar-refractivity contribution in [1.82, 2.24) is 0 Å². The molecule has 0 amide bonds. The van der Waals surface area contributed by atoms with Crippen LogP contribution in [0.15, 0.2) is 48.6 Å². The average Bonchev–Trinajstić information content (AvgIpc) is 2.56. The summed E-state index contributed by atoms with van der Waals surface area (Å²) in [4.78, 5) is 10.4. The van der Waals surface area contributed by atoms with Gasteiger partial charge in [-0.05, 0) is 19.3 Å². The number of hydrogen-bond donors (Lipinski definition) is 4. The van der Waals surface area contributed by atoms with Crippen molar-refractivity contribution in [1.29, 1.82) is 0 Å². The van der Waals surface area contributed by atoms with Crippen LogP contribution >= 0.6 is 0 Å². The SMILES string of the molecule is CCCCC[C@H](O)[C@@H](O)/C=C/C=C/C=C/C=C/[C@@H](O)CCCC(=O)O. The van der Waals surface area contributed by atoms with Crippen LogP contribution in [0.3, 0.4) is 0 Å². The summed E-state index contributed by atoms with van der Waals surface area (Å²) in [6.45, 7) is 2.09. The lowest BCUT2D eigenvalue weighted by Crippen LogP contribution is -2.23. The molecular formula is C20H32O5. The summed E-state index contributed by atoms with van der Waals surface area (Å²) in [5, 5.41) is 37.6. The van der Waals surface area contributed by atoms with Gasteiger partial charge in [0, 0.05) is 6.42 Å². The first-order chi connectivity index (χ1) is 12.0. The highest BCUT2D eigenvalue weighted by atomic mass is 16.4. The van der Waals surface area contributed by atoms with Gasteiger partial charge in [-0.25, -0.2) is 0 Å². The molecule has 5 heteroatoms. The van der Waals surface area contributed by atoms with Crippen molar-refractivity contribution < 1.29 is 25.2 Å². The molecule has 0 spiro atoms. The summed E-state index contributed by atoms with van der Waals surface area (Å²) in [6, 6.07) is 0. The molecule has 0 rings (SSSR count).